The first-order chi connectivity index (χ1) is 6.62. The van der Waals surface area contributed by atoms with Crippen molar-refractivity contribution in [2.45, 2.75) is 32.4 Å². The average Bonchev–Trinajstić information content (AvgIpc) is 2.00. The summed E-state index contributed by atoms with van der Waals surface area (Å²) in [4.78, 5) is 0. The molecule has 84 valence electrons. The topological polar surface area (TPSA) is 0 Å². The molecular formula is C11H12F3I. The van der Waals surface area contributed by atoms with Crippen LogP contribution in [-0.2, 0) is 11.6 Å². The summed E-state index contributed by atoms with van der Waals surface area (Å²) >= 11 is 1.71. The van der Waals surface area contributed by atoms with Crippen molar-refractivity contribution in [3.63, 3.8) is 0 Å². The van der Waals surface area contributed by atoms with Gasteiger partial charge in [-0.05, 0) is 45.7 Å². The Morgan fingerprint density at radius 1 is 1.07 bits per heavy atom. The van der Waals surface area contributed by atoms with Gasteiger partial charge in [0.2, 0.25) is 0 Å². The maximum atomic E-state index is 12.6. The minimum absolute atomic E-state index is 0.244. The van der Waals surface area contributed by atoms with Crippen molar-refractivity contribution in [1.82, 2.24) is 0 Å². The molecule has 0 heterocycles. The van der Waals surface area contributed by atoms with Crippen molar-refractivity contribution >= 4 is 22.6 Å². The third-order valence-electron chi connectivity index (χ3n) is 2.14. The Balaban J connectivity index is 3.30. The van der Waals surface area contributed by atoms with Gasteiger partial charge in [0.05, 0.1) is 5.56 Å². The lowest BCUT2D eigenvalue weighted by molar-refractivity contribution is -0.138. The standard InChI is InChI=1S/C11H12F3I/c1-10(2,3)7-4-5-9(15)8(6-7)11(12,13)14/h4-6H,1-3H3. The van der Waals surface area contributed by atoms with Crippen molar-refractivity contribution < 1.29 is 13.2 Å². The molecule has 4 heteroatoms. The molecule has 0 amide bonds. The summed E-state index contributed by atoms with van der Waals surface area (Å²) < 4.78 is 38.1. The van der Waals surface area contributed by atoms with Gasteiger partial charge in [0, 0.05) is 3.57 Å². The van der Waals surface area contributed by atoms with Gasteiger partial charge in [-0.15, -0.1) is 0 Å². The van der Waals surface area contributed by atoms with Crippen LogP contribution in [0.5, 0.6) is 0 Å². The largest absolute Gasteiger partial charge is 0.417 e. The monoisotopic (exact) mass is 328 g/mol. The number of benzene rings is 1. The Hall–Kier alpha value is -0.260. The van der Waals surface area contributed by atoms with E-state index < -0.39 is 11.7 Å². The Morgan fingerprint density at radius 2 is 1.60 bits per heavy atom. The lowest BCUT2D eigenvalue weighted by Crippen LogP contribution is -2.15. The molecule has 1 rings (SSSR count). The highest BCUT2D eigenvalue weighted by molar-refractivity contribution is 14.1. The maximum absolute atomic E-state index is 12.6. The van der Waals surface area contributed by atoms with E-state index in [-0.39, 0.29) is 8.99 Å². The van der Waals surface area contributed by atoms with Crippen LogP contribution in [-0.4, -0.2) is 0 Å². The highest BCUT2D eigenvalue weighted by Crippen LogP contribution is 2.35. The predicted octanol–water partition coefficient (Wildman–Crippen LogP) is 4.61. The number of hydrogen-bond acceptors (Lipinski definition) is 0. The van der Waals surface area contributed by atoms with E-state index in [4.69, 9.17) is 0 Å². The summed E-state index contributed by atoms with van der Waals surface area (Å²) in [5, 5.41) is 0. The molecule has 0 aliphatic heterocycles. The molecule has 1 aromatic rings. The minimum Gasteiger partial charge on any atom is -0.166 e. The normalized spacial score (nSPS) is 13.0. The first-order valence-electron chi connectivity index (χ1n) is 4.49. The van der Waals surface area contributed by atoms with E-state index in [0.717, 1.165) is 0 Å². The van der Waals surface area contributed by atoms with E-state index in [0.29, 0.717) is 5.56 Å². The van der Waals surface area contributed by atoms with E-state index in [1.54, 1.807) is 28.7 Å². The van der Waals surface area contributed by atoms with Crippen LogP contribution in [0, 0.1) is 3.57 Å². The number of rotatable bonds is 0. The van der Waals surface area contributed by atoms with Crippen LogP contribution in [0.4, 0.5) is 13.2 Å². The molecule has 0 bridgehead atoms. The van der Waals surface area contributed by atoms with Gasteiger partial charge in [0.1, 0.15) is 0 Å². The van der Waals surface area contributed by atoms with E-state index in [2.05, 4.69) is 0 Å². The van der Waals surface area contributed by atoms with Crippen LogP contribution >= 0.6 is 22.6 Å². The Bertz CT molecular complexity index is 361. The summed E-state index contributed by atoms with van der Waals surface area (Å²) in [5.74, 6) is 0. The molecule has 0 nitrogen and oxygen atoms in total. The molecule has 1 aromatic carbocycles. The lowest BCUT2D eigenvalue weighted by atomic mass is 9.86. The smallest absolute Gasteiger partial charge is 0.166 e. The zero-order valence-corrected chi connectivity index (χ0v) is 10.9. The van der Waals surface area contributed by atoms with Crippen LogP contribution in [0.25, 0.3) is 0 Å². The summed E-state index contributed by atoms with van der Waals surface area (Å²) in [6.45, 7) is 5.69. The Morgan fingerprint density at radius 3 is 2.00 bits per heavy atom. The second kappa shape index (κ2) is 3.96. The van der Waals surface area contributed by atoms with Crippen molar-refractivity contribution in [2.24, 2.45) is 0 Å². The number of hydrogen-bond donors (Lipinski definition) is 0. The summed E-state index contributed by atoms with van der Waals surface area (Å²) in [7, 11) is 0. The molecule has 0 N–H and O–H groups in total. The zero-order chi connectivity index (χ0) is 11.9. The fraction of sp³-hybridized carbons (Fsp3) is 0.455. The summed E-state index contributed by atoms with van der Waals surface area (Å²) in [5.41, 5.74) is -0.101. The number of halogens is 4. The summed E-state index contributed by atoms with van der Waals surface area (Å²) in [6.07, 6.45) is -4.27. The second-order valence-electron chi connectivity index (χ2n) is 4.44. The van der Waals surface area contributed by atoms with Crippen LogP contribution in [0.3, 0.4) is 0 Å². The van der Waals surface area contributed by atoms with Gasteiger partial charge >= 0.3 is 6.18 Å². The molecule has 0 unspecified atom stereocenters. The zero-order valence-electron chi connectivity index (χ0n) is 8.74. The SMILES string of the molecule is CC(C)(C)c1ccc(I)c(C(F)(F)F)c1. The van der Waals surface area contributed by atoms with E-state index in [9.17, 15) is 13.2 Å². The van der Waals surface area contributed by atoms with E-state index >= 15 is 0 Å². The highest BCUT2D eigenvalue weighted by Gasteiger charge is 2.33. The molecule has 0 saturated heterocycles. The minimum atomic E-state index is -4.27. The molecule has 15 heavy (non-hydrogen) atoms. The van der Waals surface area contributed by atoms with Crippen LogP contribution in [0.15, 0.2) is 18.2 Å². The quantitative estimate of drug-likeness (QED) is 0.610. The van der Waals surface area contributed by atoms with Gasteiger partial charge in [-0.2, -0.15) is 13.2 Å². The second-order valence-corrected chi connectivity index (χ2v) is 5.60. The molecule has 0 fully saturated rings. The van der Waals surface area contributed by atoms with Gasteiger partial charge in [-0.1, -0.05) is 26.8 Å². The lowest BCUT2D eigenvalue weighted by Gasteiger charge is -2.21. The third kappa shape index (κ3) is 3.09. The van der Waals surface area contributed by atoms with Gasteiger partial charge in [0.15, 0.2) is 0 Å². The molecule has 0 aromatic heterocycles. The molecule has 0 aliphatic carbocycles. The van der Waals surface area contributed by atoms with Crippen molar-refractivity contribution in [2.75, 3.05) is 0 Å². The molecule has 0 atom stereocenters. The Kier molecular flexibility index (Phi) is 3.38. The maximum Gasteiger partial charge on any atom is 0.417 e. The third-order valence-corrected chi connectivity index (χ3v) is 3.08. The van der Waals surface area contributed by atoms with Crippen LogP contribution < -0.4 is 0 Å². The van der Waals surface area contributed by atoms with Gasteiger partial charge in [0.25, 0.3) is 0 Å². The molecule has 0 radical (unpaired) electrons. The first-order valence-corrected chi connectivity index (χ1v) is 5.57. The van der Waals surface area contributed by atoms with Crippen LogP contribution in [0.1, 0.15) is 31.9 Å². The van der Waals surface area contributed by atoms with Gasteiger partial charge in [-0.3, -0.25) is 0 Å². The molecular weight excluding hydrogens is 316 g/mol. The van der Waals surface area contributed by atoms with Crippen molar-refractivity contribution in [3.05, 3.63) is 32.9 Å². The van der Waals surface area contributed by atoms with E-state index in [1.165, 1.54) is 12.1 Å². The highest BCUT2D eigenvalue weighted by atomic mass is 127. The fourth-order valence-corrected chi connectivity index (χ4v) is 1.85. The number of alkyl halides is 3. The van der Waals surface area contributed by atoms with E-state index in [1.807, 2.05) is 20.8 Å². The van der Waals surface area contributed by atoms with Gasteiger partial charge in [-0.25, -0.2) is 0 Å². The summed E-state index contributed by atoms with van der Waals surface area (Å²) in [6, 6.07) is 4.50. The van der Waals surface area contributed by atoms with Gasteiger partial charge < -0.3 is 0 Å². The molecule has 0 saturated carbocycles. The average molecular weight is 328 g/mol. The van der Waals surface area contributed by atoms with Crippen molar-refractivity contribution in [1.29, 1.82) is 0 Å². The van der Waals surface area contributed by atoms with Crippen molar-refractivity contribution in [3.8, 4) is 0 Å². The molecule has 0 spiro atoms. The predicted molar refractivity (Wildman–Crippen MR) is 62.9 cm³/mol. The first kappa shape index (κ1) is 12.8. The van der Waals surface area contributed by atoms with Crippen LogP contribution in [0.2, 0.25) is 0 Å². The molecule has 0 aliphatic rings. The fourth-order valence-electron chi connectivity index (χ4n) is 1.21. The Labute approximate surface area is 101 Å².